The fourth-order valence-corrected chi connectivity index (χ4v) is 4.46. The van der Waals surface area contributed by atoms with Gasteiger partial charge in [-0.1, -0.05) is 0 Å². The van der Waals surface area contributed by atoms with Crippen molar-refractivity contribution in [2.75, 3.05) is 18.0 Å². The highest BCUT2D eigenvalue weighted by molar-refractivity contribution is 5.79. The van der Waals surface area contributed by atoms with Crippen LogP contribution in [0.5, 0.6) is 0 Å². The van der Waals surface area contributed by atoms with Crippen LogP contribution < -0.4 is 10.2 Å². The molecule has 2 aliphatic rings. The third-order valence-corrected chi connectivity index (χ3v) is 6.14. The van der Waals surface area contributed by atoms with Crippen LogP contribution >= 0.6 is 0 Å². The van der Waals surface area contributed by atoms with Crippen molar-refractivity contribution in [3.8, 4) is 0 Å². The van der Waals surface area contributed by atoms with Gasteiger partial charge in [-0.05, 0) is 63.0 Å². The van der Waals surface area contributed by atoms with Gasteiger partial charge in [0.1, 0.15) is 0 Å². The van der Waals surface area contributed by atoms with Crippen molar-refractivity contribution in [2.45, 2.75) is 57.9 Å². The van der Waals surface area contributed by atoms with Crippen LogP contribution in [0.4, 0.5) is 5.69 Å². The van der Waals surface area contributed by atoms with E-state index in [1.807, 2.05) is 12.4 Å². The molecule has 1 saturated heterocycles. The number of carboxylic acid groups (broad SMARTS) is 1. The molecule has 0 bridgehead atoms. The summed E-state index contributed by atoms with van der Waals surface area (Å²) < 4.78 is 0. The lowest BCUT2D eigenvalue weighted by atomic mass is 9.65. The van der Waals surface area contributed by atoms with Gasteiger partial charge in [-0.15, -0.1) is 0 Å². The van der Waals surface area contributed by atoms with Crippen molar-refractivity contribution in [2.24, 2.45) is 11.3 Å². The molecule has 0 radical (unpaired) electrons. The van der Waals surface area contributed by atoms with Crippen LogP contribution in [0.2, 0.25) is 0 Å². The third kappa shape index (κ3) is 4.54. The zero-order valence-corrected chi connectivity index (χ0v) is 15.5. The van der Waals surface area contributed by atoms with Gasteiger partial charge in [0.25, 0.3) is 0 Å². The minimum atomic E-state index is -0.874. The van der Waals surface area contributed by atoms with E-state index in [4.69, 9.17) is 5.11 Å². The van der Waals surface area contributed by atoms with Gasteiger partial charge in [-0.3, -0.25) is 14.6 Å². The number of hydrogen-bond acceptors (Lipinski definition) is 4. The summed E-state index contributed by atoms with van der Waals surface area (Å²) >= 11 is 0. The highest BCUT2D eigenvalue weighted by Crippen LogP contribution is 2.46. The summed E-state index contributed by atoms with van der Waals surface area (Å²) in [5, 5.41) is 11.7. The Morgan fingerprint density at radius 3 is 2.42 bits per heavy atom. The van der Waals surface area contributed by atoms with Gasteiger partial charge in [-0.25, -0.2) is 0 Å². The van der Waals surface area contributed by atoms with Crippen LogP contribution in [-0.4, -0.2) is 41.1 Å². The number of hydrogen-bond donors (Lipinski definition) is 2. The van der Waals surface area contributed by atoms with Gasteiger partial charge in [-0.2, -0.15) is 0 Å². The highest BCUT2D eigenvalue weighted by atomic mass is 16.4. The lowest BCUT2D eigenvalue weighted by Crippen LogP contribution is -2.45. The molecule has 0 aromatic carbocycles. The molecule has 1 aliphatic heterocycles. The average molecular weight is 359 g/mol. The number of nitrogens with zero attached hydrogens (tertiary/aromatic N) is 2. The Hall–Kier alpha value is -2.11. The van der Waals surface area contributed by atoms with E-state index in [-0.39, 0.29) is 24.3 Å². The van der Waals surface area contributed by atoms with Crippen molar-refractivity contribution in [3.63, 3.8) is 0 Å². The van der Waals surface area contributed by atoms with Crippen LogP contribution in [0, 0.1) is 11.3 Å². The smallest absolute Gasteiger partial charge is 0.305 e. The Morgan fingerprint density at radius 2 is 1.85 bits per heavy atom. The van der Waals surface area contributed by atoms with Crippen molar-refractivity contribution in [1.82, 2.24) is 10.3 Å². The highest BCUT2D eigenvalue weighted by Gasteiger charge is 2.39. The molecule has 1 aliphatic carbocycles. The van der Waals surface area contributed by atoms with Crippen LogP contribution in [0.3, 0.4) is 0 Å². The summed E-state index contributed by atoms with van der Waals surface area (Å²) in [6, 6.07) is 3.83. The zero-order valence-electron chi connectivity index (χ0n) is 15.5. The summed E-state index contributed by atoms with van der Waals surface area (Å²) in [6.07, 6.45) is 10.1. The van der Waals surface area contributed by atoms with Gasteiger partial charge in [0, 0.05) is 43.1 Å². The molecule has 3 rings (SSSR count). The molecule has 2 fully saturated rings. The minimum Gasteiger partial charge on any atom is -0.481 e. The molecule has 1 aromatic rings. The number of anilines is 1. The molecule has 1 unspecified atom stereocenters. The summed E-state index contributed by atoms with van der Waals surface area (Å²) in [4.78, 5) is 29.6. The predicted octanol–water partition coefficient (Wildman–Crippen LogP) is 2.84. The maximum absolute atomic E-state index is 12.4. The zero-order chi connectivity index (χ0) is 18.6. The molecule has 26 heavy (non-hydrogen) atoms. The summed E-state index contributed by atoms with van der Waals surface area (Å²) in [5.41, 5.74) is 1.63. The van der Waals surface area contributed by atoms with Gasteiger partial charge in [0.15, 0.2) is 0 Å². The molecular weight excluding hydrogens is 330 g/mol. The minimum absolute atomic E-state index is 0.0206. The number of rotatable bonds is 5. The number of aliphatic carboxylic acids is 1. The fourth-order valence-electron chi connectivity index (χ4n) is 4.46. The van der Waals surface area contributed by atoms with E-state index in [9.17, 15) is 9.59 Å². The fraction of sp³-hybridized carbons (Fsp3) is 0.650. The molecule has 2 N–H and O–H groups in total. The maximum Gasteiger partial charge on any atom is 0.305 e. The molecule has 1 aromatic heterocycles. The number of nitrogens with one attached hydrogen (secondary N) is 1. The first kappa shape index (κ1) is 18.7. The first-order chi connectivity index (χ1) is 12.5. The van der Waals surface area contributed by atoms with Gasteiger partial charge >= 0.3 is 5.97 Å². The molecule has 2 heterocycles. The molecule has 6 heteroatoms. The largest absolute Gasteiger partial charge is 0.481 e. The summed E-state index contributed by atoms with van der Waals surface area (Å²) in [5.74, 6) is -0.806. The van der Waals surface area contributed by atoms with Crippen molar-refractivity contribution < 1.29 is 14.7 Å². The van der Waals surface area contributed by atoms with Gasteiger partial charge < -0.3 is 15.3 Å². The van der Waals surface area contributed by atoms with E-state index in [0.717, 1.165) is 38.8 Å². The van der Waals surface area contributed by atoms with Crippen LogP contribution in [0.15, 0.2) is 24.5 Å². The lowest BCUT2D eigenvalue weighted by Gasteiger charge is -2.46. The lowest BCUT2D eigenvalue weighted by molar-refractivity contribution is -0.137. The summed E-state index contributed by atoms with van der Waals surface area (Å²) in [7, 11) is 0. The number of piperidine rings is 1. The molecule has 1 amide bonds. The number of carbonyl (C=O) groups is 2. The number of carboxylic acids is 1. The Labute approximate surface area is 155 Å². The van der Waals surface area contributed by atoms with Gasteiger partial charge in [0.2, 0.25) is 5.91 Å². The molecule has 142 valence electrons. The first-order valence-electron chi connectivity index (χ1n) is 9.65. The second-order valence-corrected chi connectivity index (χ2v) is 7.97. The van der Waals surface area contributed by atoms with Crippen molar-refractivity contribution in [3.05, 3.63) is 24.5 Å². The van der Waals surface area contributed by atoms with E-state index < -0.39 is 5.97 Å². The van der Waals surface area contributed by atoms with Crippen molar-refractivity contribution in [1.29, 1.82) is 0 Å². The predicted molar refractivity (Wildman–Crippen MR) is 99.9 cm³/mol. The van der Waals surface area contributed by atoms with E-state index in [2.05, 4.69) is 27.3 Å². The number of carbonyl (C=O) groups excluding carboxylic acids is 1. The van der Waals surface area contributed by atoms with E-state index in [1.54, 1.807) is 6.92 Å². The molecule has 1 spiro atoms. The Balaban J connectivity index is 1.46. The number of aromatic nitrogens is 1. The Bertz CT molecular complexity index is 616. The number of amides is 1. The first-order valence-corrected chi connectivity index (χ1v) is 9.65. The average Bonchev–Trinajstić information content (AvgIpc) is 2.63. The monoisotopic (exact) mass is 359 g/mol. The molecule has 1 saturated carbocycles. The molecular formula is C20H29N3O3. The molecule has 6 nitrogen and oxygen atoms in total. The van der Waals surface area contributed by atoms with E-state index >= 15 is 0 Å². The Morgan fingerprint density at radius 1 is 1.23 bits per heavy atom. The third-order valence-electron chi connectivity index (χ3n) is 6.14. The van der Waals surface area contributed by atoms with E-state index in [1.165, 1.54) is 18.5 Å². The summed E-state index contributed by atoms with van der Waals surface area (Å²) in [6.45, 7) is 3.89. The normalized spacial score (nSPS) is 21.3. The maximum atomic E-state index is 12.4. The van der Waals surface area contributed by atoms with Crippen LogP contribution in [-0.2, 0) is 9.59 Å². The van der Waals surface area contributed by atoms with Crippen molar-refractivity contribution >= 4 is 17.6 Å². The van der Waals surface area contributed by atoms with Crippen LogP contribution in [0.1, 0.15) is 51.9 Å². The van der Waals surface area contributed by atoms with Crippen LogP contribution in [0.25, 0.3) is 0 Å². The SMILES string of the molecule is CC(CC(=O)O)NC(=O)C1CCC2(CC1)CCN(c1ccncc1)CC2. The standard InChI is InChI=1S/C20H29N3O3/c1-15(14-18(24)25)22-19(26)16-2-6-20(7-3-16)8-12-23(13-9-20)17-4-10-21-11-5-17/h4-5,10-11,15-16H,2-3,6-9,12-14H2,1H3,(H,22,26)(H,24,25). The second kappa shape index (κ2) is 8.06. The molecule has 1 atom stereocenters. The topological polar surface area (TPSA) is 82.5 Å². The quantitative estimate of drug-likeness (QED) is 0.845. The van der Waals surface area contributed by atoms with E-state index in [0.29, 0.717) is 5.41 Å². The van der Waals surface area contributed by atoms with Gasteiger partial charge in [0.05, 0.1) is 6.42 Å². The second-order valence-electron chi connectivity index (χ2n) is 7.97. The number of pyridine rings is 1. The Kier molecular flexibility index (Phi) is 5.79.